The number of hydrogen-bond donors (Lipinski definition) is 2. The van der Waals surface area contributed by atoms with Gasteiger partial charge < -0.3 is 9.84 Å². The summed E-state index contributed by atoms with van der Waals surface area (Å²) in [5.41, 5.74) is 6.00. The Morgan fingerprint density at radius 1 is 1.25 bits per heavy atom. The summed E-state index contributed by atoms with van der Waals surface area (Å²) in [5, 5.41) is 14.2. The number of H-pyrrole nitrogens is 1. The van der Waals surface area contributed by atoms with E-state index in [9.17, 15) is 0 Å². The predicted octanol–water partition coefficient (Wildman–Crippen LogP) is 2.79. The highest BCUT2D eigenvalue weighted by molar-refractivity contribution is 5.68. The molecule has 0 aliphatic carbocycles. The fourth-order valence-corrected chi connectivity index (χ4v) is 3.08. The van der Waals surface area contributed by atoms with Gasteiger partial charge in [0.05, 0.1) is 18.9 Å². The van der Waals surface area contributed by atoms with Crippen LogP contribution in [0.15, 0.2) is 24.3 Å². The molecule has 0 radical (unpaired) electrons. The summed E-state index contributed by atoms with van der Waals surface area (Å²) >= 11 is 0. The average molecular weight is 331 g/mol. The molecule has 0 saturated carbocycles. The van der Waals surface area contributed by atoms with E-state index >= 15 is 0 Å². The Bertz CT molecular complexity index is 627. The Morgan fingerprint density at radius 3 is 2.33 bits per heavy atom. The summed E-state index contributed by atoms with van der Waals surface area (Å²) in [6, 6.07) is 9.33. The van der Waals surface area contributed by atoms with Crippen molar-refractivity contribution in [1.29, 1.82) is 0 Å². The first-order valence-electron chi connectivity index (χ1n) is 8.10. The van der Waals surface area contributed by atoms with Gasteiger partial charge >= 0.3 is 0 Å². The summed E-state index contributed by atoms with van der Waals surface area (Å²) in [7, 11) is 0. The highest BCUT2D eigenvalue weighted by Gasteiger charge is 2.18. The Morgan fingerprint density at radius 2 is 1.83 bits per heavy atom. The number of carboxylic acid groups (broad SMARTS) is 1. The summed E-state index contributed by atoms with van der Waals surface area (Å²) < 4.78 is 5.43. The molecule has 0 amide bonds. The van der Waals surface area contributed by atoms with E-state index < -0.39 is 0 Å². The van der Waals surface area contributed by atoms with Gasteiger partial charge in [0, 0.05) is 30.4 Å². The van der Waals surface area contributed by atoms with Crippen molar-refractivity contribution in [1.82, 2.24) is 15.1 Å². The molecular weight excluding hydrogens is 306 g/mol. The zero-order valence-corrected chi connectivity index (χ0v) is 14.5. The lowest BCUT2D eigenvalue weighted by Gasteiger charge is -2.32. The first-order valence-corrected chi connectivity index (χ1v) is 8.10. The molecule has 1 aliphatic heterocycles. The third-order valence-corrected chi connectivity index (χ3v) is 4.40. The minimum absolute atomic E-state index is 0.250. The SMILES string of the molecule is Cc1n[nH]c(C)c1-c1ccc(C(C)N2CCOCC2)cc1.O=CO. The topological polar surface area (TPSA) is 78.5 Å². The number of nitrogens with zero attached hydrogens (tertiary/aromatic N) is 2. The van der Waals surface area contributed by atoms with Crippen molar-refractivity contribution in [3.8, 4) is 11.1 Å². The van der Waals surface area contributed by atoms with Crippen LogP contribution in [0.1, 0.15) is 29.9 Å². The lowest BCUT2D eigenvalue weighted by Crippen LogP contribution is -2.37. The summed E-state index contributed by atoms with van der Waals surface area (Å²) in [5.74, 6) is 0. The summed E-state index contributed by atoms with van der Waals surface area (Å²) in [6.07, 6.45) is 0. The number of benzene rings is 1. The monoisotopic (exact) mass is 331 g/mol. The molecule has 2 aromatic rings. The zero-order chi connectivity index (χ0) is 17.5. The number of nitrogens with one attached hydrogen (secondary N) is 1. The molecule has 130 valence electrons. The second-order valence-corrected chi connectivity index (χ2v) is 5.86. The number of rotatable bonds is 3. The van der Waals surface area contributed by atoms with E-state index in [1.54, 1.807) is 0 Å². The molecule has 3 rings (SSSR count). The van der Waals surface area contributed by atoms with Crippen LogP contribution in [0.25, 0.3) is 11.1 Å². The molecule has 1 aliphatic rings. The molecule has 0 spiro atoms. The molecule has 1 atom stereocenters. The van der Waals surface area contributed by atoms with Gasteiger partial charge in [-0.2, -0.15) is 5.10 Å². The maximum absolute atomic E-state index is 8.36. The van der Waals surface area contributed by atoms with Gasteiger partial charge in [-0.25, -0.2) is 0 Å². The van der Waals surface area contributed by atoms with Crippen molar-refractivity contribution in [3.63, 3.8) is 0 Å². The van der Waals surface area contributed by atoms with E-state index in [1.807, 2.05) is 6.92 Å². The van der Waals surface area contributed by atoms with Gasteiger partial charge in [-0.1, -0.05) is 24.3 Å². The highest BCUT2D eigenvalue weighted by Crippen LogP contribution is 2.28. The molecule has 1 aromatic carbocycles. The number of aryl methyl sites for hydroxylation is 2. The van der Waals surface area contributed by atoms with Crippen molar-refractivity contribution in [2.45, 2.75) is 26.8 Å². The van der Waals surface area contributed by atoms with Crippen LogP contribution < -0.4 is 0 Å². The van der Waals surface area contributed by atoms with Crippen LogP contribution in [0.2, 0.25) is 0 Å². The van der Waals surface area contributed by atoms with Crippen LogP contribution in [0.4, 0.5) is 0 Å². The molecule has 6 nitrogen and oxygen atoms in total. The number of aromatic nitrogens is 2. The standard InChI is InChI=1S/C17H23N3O.CH2O2/c1-12-17(13(2)19-18-12)16-6-4-15(5-7-16)14(3)20-8-10-21-11-9-20;2-1-3/h4-7,14H,8-11H2,1-3H3,(H,18,19);1H,(H,2,3). The fourth-order valence-electron chi connectivity index (χ4n) is 3.08. The van der Waals surface area contributed by atoms with E-state index in [0.29, 0.717) is 6.04 Å². The van der Waals surface area contributed by atoms with Crippen LogP contribution in [0.3, 0.4) is 0 Å². The molecule has 24 heavy (non-hydrogen) atoms. The minimum Gasteiger partial charge on any atom is -0.483 e. The smallest absolute Gasteiger partial charge is 0.290 e. The quantitative estimate of drug-likeness (QED) is 0.846. The largest absolute Gasteiger partial charge is 0.483 e. The second-order valence-electron chi connectivity index (χ2n) is 5.86. The van der Waals surface area contributed by atoms with Crippen molar-refractivity contribution < 1.29 is 14.6 Å². The van der Waals surface area contributed by atoms with Crippen LogP contribution in [0, 0.1) is 13.8 Å². The van der Waals surface area contributed by atoms with Gasteiger partial charge in [0.25, 0.3) is 6.47 Å². The van der Waals surface area contributed by atoms with E-state index in [4.69, 9.17) is 14.6 Å². The molecular formula is C18H25N3O3. The number of aromatic amines is 1. The maximum atomic E-state index is 8.36. The van der Waals surface area contributed by atoms with Crippen molar-refractivity contribution in [2.75, 3.05) is 26.3 Å². The van der Waals surface area contributed by atoms with Gasteiger partial charge in [-0.3, -0.25) is 14.8 Å². The number of morpholine rings is 1. The molecule has 0 bridgehead atoms. The van der Waals surface area contributed by atoms with Gasteiger partial charge in [-0.05, 0) is 31.9 Å². The first kappa shape index (κ1) is 18.2. The molecule has 2 N–H and O–H groups in total. The molecule has 1 saturated heterocycles. The van der Waals surface area contributed by atoms with Gasteiger partial charge in [0.15, 0.2) is 0 Å². The first-order chi connectivity index (χ1) is 11.6. The van der Waals surface area contributed by atoms with Crippen molar-refractivity contribution >= 4 is 6.47 Å². The normalized spacial score (nSPS) is 16.1. The molecule has 2 heterocycles. The van der Waals surface area contributed by atoms with Crippen molar-refractivity contribution in [3.05, 3.63) is 41.2 Å². The summed E-state index contributed by atoms with van der Waals surface area (Å²) in [6.45, 7) is 9.86. The maximum Gasteiger partial charge on any atom is 0.290 e. The van der Waals surface area contributed by atoms with E-state index in [1.165, 1.54) is 16.7 Å². The van der Waals surface area contributed by atoms with Crippen LogP contribution in [-0.2, 0) is 9.53 Å². The number of carbonyl (C=O) groups is 1. The molecule has 6 heteroatoms. The Kier molecular flexibility index (Phi) is 6.52. The van der Waals surface area contributed by atoms with Crippen molar-refractivity contribution in [2.24, 2.45) is 0 Å². The Labute approximate surface area is 142 Å². The third-order valence-electron chi connectivity index (χ3n) is 4.40. The van der Waals surface area contributed by atoms with E-state index in [0.717, 1.165) is 37.7 Å². The molecule has 1 aromatic heterocycles. The van der Waals surface area contributed by atoms with Crippen LogP contribution in [-0.4, -0.2) is 53.0 Å². The molecule has 1 fully saturated rings. The van der Waals surface area contributed by atoms with Gasteiger partial charge in [0.2, 0.25) is 0 Å². The summed E-state index contributed by atoms with van der Waals surface area (Å²) in [4.78, 5) is 10.8. The van der Waals surface area contributed by atoms with Gasteiger partial charge in [-0.15, -0.1) is 0 Å². The van der Waals surface area contributed by atoms with E-state index in [2.05, 4.69) is 53.2 Å². The van der Waals surface area contributed by atoms with Crippen LogP contribution >= 0.6 is 0 Å². The second kappa shape index (κ2) is 8.61. The lowest BCUT2D eigenvalue weighted by molar-refractivity contribution is -0.122. The van der Waals surface area contributed by atoms with Crippen LogP contribution in [0.5, 0.6) is 0 Å². The predicted molar refractivity (Wildman–Crippen MR) is 93.0 cm³/mol. The zero-order valence-electron chi connectivity index (χ0n) is 14.5. The molecule has 1 unspecified atom stereocenters. The van der Waals surface area contributed by atoms with E-state index in [-0.39, 0.29) is 6.47 Å². The fraction of sp³-hybridized carbons (Fsp3) is 0.444. The minimum atomic E-state index is -0.250. The third kappa shape index (κ3) is 4.21. The Hall–Kier alpha value is -2.18. The average Bonchev–Trinajstić information content (AvgIpc) is 2.94. The Balaban J connectivity index is 0.000000647. The highest BCUT2D eigenvalue weighted by atomic mass is 16.5. The number of ether oxygens (including phenoxy) is 1. The lowest BCUT2D eigenvalue weighted by atomic mass is 9.99. The van der Waals surface area contributed by atoms with Gasteiger partial charge in [0.1, 0.15) is 0 Å². The number of hydrogen-bond acceptors (Lipinski definition) is 4.